The Labute approximate surface area is 109 Å². The number of nitrogens with zero attached hydrogens (tertiary/aromatic N) is 3. The second kappa shape index (κ2) is 4.34. The zero-order valence-electron chi connectivity index (χ0n) is 7.98. The summed E-state index contributed by atoms with van der Waals surface area (Å²) in [6, 6.07) is 5.66. The Morgan fingerprint density at radius 2 is 1.56 bits per heavy atom. The van der Waals surface area contributed by atoms with E-state index in [2.05, 4.69) is 46.8 Å². The molecule has 0 atom stereocenters. The first kappa shape index (κ1) is 11.3. The van der Waals surface area contributed by atoms with Crippen molar-refractivity contribution >= 4 is 43.8 Å². The zero-order chi connectivity index (χ0) is 11.7. The van der Waals surface area contributed by atoms with Crippen molar-refractivity contribution in [2.75, 3.05) is 11.5 Å². The molecule has 5 nitrogen and oxygen atoms in total. The van der Waals surface area contributed by atoms with Crippen molar-refractivity contribution in [2.24, 2.45) is 0 Å². The smallest absolute Gasteiger partial charge is 0.225 e. The largest absolute Gasteiger partial charge is 0.368 e. The van der Waals surface area contributed by atoms with Gasteiger partial charge in [-0.3, -0.25) is 0 Å². The van der Waals surface area contributed by atoms with Gasteiger partial charge in [0.1, 0.15) is 0 Å². The topological polar surface area (TPSA) is 90.7 Å². The predicted molar refractivity (Wildman–Crippen MR) is 69.5 cm³/mol. The van der Waals surface area contributed by atoms with E-state index < -0.39 is 0 Å². The normalized spacial score (nSPS) is 10.4. The van der Waals surface area contributed by atoms with Gasteiger partial charge < -0.3 is 11.5 Å². The van der Waals surface area contributed by atoms with Gasteiger partial charge in [0.2, 0.25) is 11.9 Å². The van der Waals surface area contributed by atoms with Gasteiger partial charge in [-0.25, -0.2) is 0 Å². The van der Waals surface area contributed by atoms with Crippen LogP contribution in [0.2, 0.25) is 0 Å². The minimum atomic E-state index is 0.106. The highest BCUT2D eigenvalue weighted by Crippen LogP contribution is 2.29. The van der Waals surface area contributed by atoms with E-state index in [1.807, 2.05) is 18.2 Å². The van der Waals surface area contributed by atoms with Crippen LogP contribution in [0, 0.1) is 0 Å². The van der Waals surface area contributed by atoms with Crippen LogP contribution in [-0.2, 0) is 0 Å². The van der Waals surface area contributed by atoms with Gasteiger partial charge in [0.25, 0.3) is 0 Å². The number of rotatable bonds is 1. The van der Waals surface area contributed by atoms with Gasteiger partial charge >= 0.3 is 0 Å². The number of benzene rings is 1. The van der Waals surface area contributed by atoms with Crippen LogP contribution in [0.4, 0.5) is 11.9 Å². The second-order valence-corrected chi connectivity index (χ2v) is 4.77. The zero-order valence-corrected chi connectivity index (χ0v) is 11.2. The van der Waals surface area contributed by atoms with E-state index in [9.17, 15) is 0 Å². The molecule has 82 valence electrons. The molecule has 0 radical (unpaired) electrons. The monoisotopic (exact) mass is 343 g/mol. The lowest BCUT2D eigenvalue weighted by molar-refractivity contribution is 1.08. The fraction of sp³-hybridized carbons (Fsp3) is 0. The molecule has 0 aliphatic rings. The highest BCUT2D eigenvalue weighted by Gasteiger charge is 2.09. The summed E-state index contributed by atoms with van der Waals surface area (Å²) in [5, 5.41) is 0. The number of nitrogen functional groups attached to an aromatic ring is 2. The Morgan fingerprint density at radius 1 is 0.938 bits per heavy atom. The van der Waals surface area contributed by atoms with Crippen molar-refractivity contribution in [3.05, 3.63) is 27.1 Å². The first-order valence-electron chi connectivity index (χ1n) is 4.28. The average Bonchev–Trinajstić information content (AvgIpc) is 2.20. The Morgan fingerprint density at radius 3 is 2.19 bits per heavy atom. The van der Waals surface area contributed by atoms with E-state index in [-0.39, 0.29) is 11.9 Å². The minimum Gasteiger partial charge on any atom is -0.368 e. The van der Waals surface area contributed by atoms with E-state index in [4.69, 9.17) is 11.5 Å². The molecule has 2 rings (SSSR count). The third-order valence-electron chi connectivity index (χ3n) is 1.84. The Hall–Kier alpha value is -1.21. The van der Waals surface area contributed by atoms with Crippen LogP contribution >= 0.6 is 31.9 Å². The summed E-state index contributed by atoms with van der Waals surface area (Å²) >= 11 is 6.79. The highest BCUT2D eigenvalue weighted by molar-refractivity contribution is 9.11. The van der Waals surface area contributed by atoms with Crippen LogP contribution in [0.1, 0.15) is 0 Å². The second-order valence-electron chi connectivity index (χ2n) is 3.00. The van der Waals surface area contributed by atoms with E-state index >= 15 is 0 Å². The first-order valence-corrected chi connectivity index (χ1v) is 5.87. The molecule has 0 aliphatic heterocycles. The molecule has 4 N–H and O–H groups in total. The van der Waals surface area contributed by atoms with Gasteiger partial charge in [-0.1, -0.05) is 31.9 Å². The molecule has 0 bridgehead atoms. The molecule has 2 aromatic rings. The molecule has 1 aromatic carbocycles. The molecular weight excluding hydrogens is 338 g/mol. The summed E-state index contributed by atoms with van der Waals surface area (Å²) in [7, 11) is 0. The summed E-state index contributed by atoms with van der Waals surface area (Å²) in [5.74, 6) is 0.655. The minimum absolute atomic E-state index is 0.106. The first-order chi connectivity index (χ1) is 7.56. The molecule has 0 spiro atoms. The van der Waals surface area contributed by atoms with E-state index in [0.29, 0.717) is 5.82 Å². The molecule has 1 aromatic heterocycles. The van der Waals surface area contributed by atoms with Crippen molar-refractivity contribution in [3.8, 4) is 11.4 Å². The summed E-state index contributed by atoms with van der Waals surface area (Å²) in [5.41, 5.74) is 11.8. The van der Waals surface area contributed by atoms with E-state index in [1.165, 1.54) is 0 Å². The molecule has 1 heterocycles. The van der Waals surface area contributed by atoms with Crippen LogP contribution in [-0.4, -0.2) is 15.0 Å². The quantitative estimate of drug-likeness (QED) is 0.827. The third kappa shape index (κ3) is 2.30. The van der Waals surface area contributed by atoms with Crippen LogP contribution in [0.25, 0.3) is 11.4 Å². The molecule has 0 saturated heterocycles. The van der Waals surface area contributed by atoms with Crippen LogP contribution < -0.4 is 11.5 Å². The number of aromatic nitrogens is 3. The molecule has 0 saturated carbocycles. The maximum absolute atomic E-state index is 5.52. The number of nitrogens with two attached hydrogens (primary N) is 2. The van der Waals surface area contributed by atoms with Crippen molar-refractivity contribution in [2.45, 2.75) is 0 Å². The molecule has 0 aliphatic carbocycles. The van der Waals surface area contributed by atoms with Crippen molar-refractivity contribution in [1.82, 2.24) is 15.0 Å². The number of halogens is 2. The third-order valence-corrected chi connectivity index (χ3v) is 3.02. The van der Waals surface area contributed by atoms with Crippen molar-refractivity contribution in [3.63, 3.8) is 0 Å². The van der Waals surface area contributed by atoms with Crippen LogP contribution in [0.15, 0.2) is 27.1 Å². The molecule has 0 unspecified atom stereocenters. The lowest BCUT2D eigenvalue weighted by Crippen LogP contribution is -2.04. The number of hydrogen-bond acceptors (Lipinski definition) is 5. The fourth-order valence-electron chi connectivity index (χ4n) is 1.20. The maximum Gasteiger partial charge on any atom is 0.225 e. The predicted octanol–water partition coefficient (Wildman–Crippen LogP) is 2.23. The molecule has 7 heteroatoms. The van der Waals surface area contributed by atoms with E-state index in [0.717, 1.165) is 14.5 Å². The Kier molecular flexibility index (Phi) is 3.06. The van der Waals surface area contributed by atoms with Gasteiger partial charge in [-0.05, 0) is 18.2 Å². The number of hydrogen-bond donors (Lipinski definition) is 2. The van der Waals surface area contributed by atoms with Crippen LogP contribution in [0.3, 0.4) is 0 Å². The SMILES string of the molecule is Nc1nc(N)nc(-c2cc(Br)ccc2Br)n1. The summed E-state index contributed by atoms with van der Waals surface area (Å²) in [6.07, 6.45) is 0. The molecular formula is C9H7Br2N5. The van der Waals surface area contributed by atoms with Crippen molar-refractivity contribution < 1.29 is 0 Å². The fourth-order valence-corrected chi connectivity index (χ4v) is 1.98. The van der Waals surface area contributed by atoms with Crippen molar-refractivity contribution in [1.29, 1.82) is 0 Å². The highest BCUT2D eigenvalue weighted by atomic mass is 79.9. The summed E-state index contributed by atoms with van der Waals surface area (Å²) in [4.78, 5) is 11.8. The van der Waals surface area contributed by atoms with Gasteiger partial charge in [0.15, 0.2) is 5.82 Å². The van der Waals surface area contributed by atoms with Crippen LogP contribution in [0.5, 0.6) is 0 Å². The van der Waals surface area contributed by atoms with Gasteiger partial charge in [-0.2, -0.15) is 15.0 Å². The Balaban J connectivity index is 2.62. The Bertz CT molecular complexity index is 523. The average molecular weight is 345 g/mol. The summed E-state index contributed by atoms with van der Waals surface area (Å²) < 4.78 is 1.78. The molecule has 0 amide bonds. The summed E-state index contributed by atoms with van der Waals surface area (Å²) in [6.45, 7) is 0. The molecule has 0 fully saturated rings. The lowest BCUT2D eigenvalue weighted by Gasteiger charge is -2.05. The van der Waals surface area contributed by atoms with E-state index in [1.54, 1.807) is 0 Å². The van der Waals surface area contributed by atoms with Gasteiger partial charge in [0, 0.05) is 14.5 Å². The maximum atomic E-state index is 5.52. The standard InChI is InChI=1S/C9H7Br2N5/c10-4-1-2-6(11)5(3-4)7-14-8(12)16-9(13)15-7/h1-3H,(H4,12,13,14,15,16). The lowest BCUT2D eigenvalue weighted by atomic mass is 10.2. The molecule has 16 heavy (non-hydrogen) atoms. The van der Waals surface area contributed by atoms with Gasteiger partial charge in [0.05, 0.1) is 0 Å². The van der Waals surface area contributed by atoms with Gasteiger partial charge in [-0.15, -0.1) is 0 Å². The number of anilines is 2.